The van der Waals surface area contributed by atoms with Crippen molar-refractivity contribution in [3.63, 3.8) is 0 Å². The maximum atomic E-state index is 11.8. The van der Waals surface area contributed by atoms with E-state index < -0.39 is 0 Å². The molecule has 1 atom stereocenters. The average Bonchev–Trinajstić information content (AvgIpc) is 2.68. The molecule has 2 rings (SSSR count). The molecule has 1 aromatic heterocycles. The molecule has 1 saturated heterocycles. The molecule has 1 N–H and O–H groups in total. The summed E-state index contributed by atoms with van der Waals surface area (Å²) < 4.78 is 1.90. The van der Waals surface area contributed by atoms with E-state index in [1.165, 1.54) is 0 Å². The van der Waals surface area contributed by atoms with Crippen molar-refractivity contribution in [3.8, 4) is 0 Å². The zero-order valence-corrected chi connectivity index (χ0v) is 12.4. The minimum atomic E-state index is -0.229. The van der Waals surface area contributed by atoms with Crippen LogP contribution in [0.1, 0.15) is 56.5 Å². The summed E-state index contributed by atoms with van der Waals surface area (Å²) in [6.45, 7) is 10.7. The van der Waals surface area contributed by atoms with E-state index in [2.05, 4.69) is 10.4 Å². The van der Waals surface area contributed by atoms with E-state index >= 15 is 0 Å². The molecule has 1 aromatic rings. The van der Waals surface area contributed by atoms with Gasteiger partial charge in [0.25, 0.3) is 0 Å². The minimum absolute atomic E-state index is 0.176. The Balaban J connectivity index is 0.000000861. The third-order valence-corrected chi connectivity index (χ3v) is 3.32. The molecule has 0 saturated carbocycles. The van der Waals surface area contributed by atoms with Gasteiger partial charge in [-0.3, -0.25) is 19.6 Å². The Hall–Kier alpha value is -1.65. The van der Waals surface area contributed by atoms with Gasteiger partial charge in [0, 0.05) is 24.2 Å². The summed E-state index contributed by atoms with van der Waals surface area (Å²) in [4.78, 5) is 23.0. The van der Waals surface area contributed by atoms with Crippen molar-refractivity contribution in [2.75, 3.05) is 0 Å². The lowest BCUT2D eigenvalue weighted by Crippen LogP contribution is -2.39. The largest absolute Gasteiger partial charge is 0.296 e. The van der Waals surface area contributed by atoms with Crippen molar-refractivity contribution in [2.24, 2.45) is 0 Å². The molecule has 106 valence electrons. The highest BCUT2D eigenvalue weighted by Gasteiger charge is 2.31. The molecule has 0 radical (unpaired) electrons. The normalized spacial score (nSPS) is 18.7. The first-order valence-corrected chi connectivity index (χ1v) is 6.92. The van der Waals surface area contributed by atoms with Crippen molar-refractivity contribution in [2.45, 2.75) is 59.9 Å². The zero-order valence-electron chi connectivity index (χ0n) is 12.4. The topological polar surface area (TPSA) is 64.0 Å². The Bertz CT molecular complexity index is 477. The van der Waals surface area contributed by atoms with Gasteiger partial charge in [-0.1, -0.05) is 13.8 Å². The number of nitrogens with zero attached hydrogens (tertiary/aromatic N) is 2. The molecule has 2 heterocycles. The second-order valence-electron chi connectivity index (χ2n) is 4.40. The second kappa shape index (κ2) is 6.50. The number of aryl methyl sites for hydroxylation is 2. The molecule has 1 fully saturated rings. The summed E-state index contributed by atoms with van der Waals surface area (Å²) in [6.07, 6.45) is 0.994. The fraction of sp³-hybridized carbons (Fsp3) is 0.643. The summed E-state index contributed by atoms with van der Waals surface area (Å²) in [5, 5.41) is 6.80. The third-order valence-electron chi connectivity index (χ3n) is 3.32. The van der Waals surface area contributed by atoms with Gasteiger partial charge >= 0.3 is 0 Å². The lowest BCUT2D eigenvalue weighted by Gasteiger charge is -2.21. The van der Waals surface area contributed by atoms with Crippen LogP contribution >= 0.6 is 0 Å². The lowest BCUT2D eigenvalue weighted by atomic mass is 9.89. The molecule has 0 bridgehead atoms. The monoisotopic (exact) mass is 265 g/mol. The van der Waals surface area contributed by atoms with Gasteiger partial charge in [0.1, 0.15) is 0 Å². The van der Waals surface area contributed by atoms with E-state index in [-0.39, 0.29) is 17.7 Å². The highest BCUT2D eigenvalue weighted by molar-refractivity contribution is 6.01. The third kappa shape index (κ3) is 3.03. The highest BCUT2D eigenvalue weighted by Crippen LogP contribution is 2.29. The number of amides is 2. The number of carbonyl (C=O) groups excluding carboxylic acids is 2. The number of carbonyl (C=O) groups is 2. The maximum Gasteiger partial charge on any atom is 0.234 e. The van der Waals surface area contributed by atoms with Crippen LogP contribution in [0.3, 0.4) is 0 Å². The lowest BCUT2D eigenvalue weighted by molar-refractivity contribution is -0.134. The van der Waals surface area contributed by atoms with Crippen LogP contribution < -0.4 is 5.32 Å². The Morgan fingerprint density at radius 1 is 1.32 bits per heavy atom. The molecule has 0 spiro atoms. The first-order valence-electron chi connectivity index (χ1n) is 6.92. The highest BCUT2D eigenvalue weighted by atomic mass is 16.2. The van der Waals surface area contributed by atoms with Crippen LogP contribution in [0.25, 0.3) is 0 Å². The predicted molar refractivity (Wildman–Crippen MR) is 73.8 cm³/mol. The Labute approximate surface area is 114 Å². The summed E-state index contributed by atoms with van der Waals surface area (Å²) >= 11 is 0. The quantitative estimate of drug-likeness (QED) is 0.832. The molecule has 19 heavy (non-hydrogen) atoms. The van der Waals surface area contributed by atoms with Crippen LogP contribution in [0.15, 0.2) is 0 Å². The van der Waals surface area contributed by atoms with Crippen LogP contribution in [-0.4, -0.2) is 21.6 Å². The van der Waals surface area contributed by atoms with Gasteiger partial charge in [-0.2, -0.15) is 5.10 Å². The van der Waals surface area contributed by atoms with Crippen molar-refractivity contribution in [3.05, 3.63) is 17.0 Å². The maximum absolute atomic E-state index is 11.8. The van der Waals surface area contributed by atoms with E-state index in [9.17, 15) is 9.59 Å². The summed E-state index contributed by atoms with van der Waals surface area (Å²) in [6, 6.07) is 0. The fourth-order valence-corrected chi connectivity index (χ4v) is 2.49. The van der Waals surface area contributed by atoms with E-state index in [0.29, 0.717) is 12.8 Å². The number of aromatic nitrogens is 2. The predicted octanol–water partition coefficient (Wildman–Crippen LogP) is 2.07. The first-order chi connectivity index (χ1) is 9.04. The number of rotatable bonds is 2. The zero-order chi connectivity index (χ0) is 14.6. The van der Waals surface area contributed by atoms with Gasteiger partial charge in [-0.15, -0.1) is 0 Å². The Morgan fingerprint density at radius 3 is 2.42 bits per heavy atom. The van der Waals surface area contributed by atoms with Crippen LogP contribution in [-0.2, 0) is 16.1 Å². The molecule has 1 aliphatic rings. The van der Waals surface area contributed by atoms with Crippen LogP contribution in [0.4, 0.5) is 0 Å². The molecule has 0 aliphatic carbocycles. The summed E-state index contributed by atoms with van der Waals surface area (Å²) in [7, 11) is 0. The molecule has 1 unspecified atom stereocenters. The van der Waals surface area contributed by atoms with E-state index in [1.807, 2.05) is 39.3 Å². The van der Waals surface area contributed by atoms with Gasteiger partial charge in [0.15, 0.2) is 0 Å². The average molecular weight is 265 g/mol. The summed E-state index contributed by atoms with van der Waals surface area (Å²) in [5.74, 6) is -0.597. The van der Waals surface area contributed by atoms with Crippen molar-refractivity contribution >= 4 is 11.8 Å². The number of hydrogen-bond donors (Lipinski definition) is 1. The van der Waals surface area contributed by atoms with Gasteiger partial charge in [0.05, 0.1) is 11.6 Å². The number of piperidine rings is 1. The van der Waals surface area contributed by atoms with Crippen molar-refractivity contribution in [1.82, 2.24) is 15.1 Å². The molecular weight excluding hydrogens is 242 g/mol. The van der Waals surface area contributed by atoms with Gasteiger partial charge in [-0.25, -0.2) is 0 Å². The minimum Gasteiger partial charge on any atom is -0.296 e. The molecule has 1 aliphatic heterocycles. The van der Waals surface area contributed by atoms with E-state index in [0.717, 1.165) is 23.5 Å². The van der Waals surface area contributed by atoms with Gasteiger partial charge < -0.3 is 0 Å². The standard InChI is InChI=1S/C12H17N3O2.C2H6/c1-4-15-8(3)11(7(2)14-15)9-5-6-10(16)13-12(9)17;1-2/h9H,4-6H2,1-3H3,(H,13,16,17);1-2H3. The van der Waals surface area contributed by atoms with Gasteiger partial charge in [0.2, 0.25) is 11.8 Å². The number of imide groups is 1. The van der Waals surface area contributed by atoms with Crippen molar-refractivity contribution in [1.29, 1.82) is 0 Å². The van der Waals surface area contributed by atoms with Gasteiger partial charge in [-0.05, 0) is 27.2 Å². The Kier molecular flexibility index (Phi) is 5.27. The van der Waals surface area contributed by atoms with Crippen LogP contribution in [0.5, 0.6) is 0 Å². The fourth-order valence-electron chi connectivity index (χ4n) is 2.49. The smallest absolute Gasteiger partial charge is 0.234 e. The molecule has 2 amide bonds. The second-order valence-corrected chi connectivity index (χ2v) is 4.40. The van der Waals surface area contributed by atoms with E-state index in [1.54, 1.807) is 0 Å². The molecule has 5 heteroatoms. The number of nitrogens with one attached hydrogen (secondary N) is 1. The van der Waals surface area contributed by atoms with Crippen LogP contribution in [0.2, 0.25) is 0 Å². The number of hydrogen-bond acceptors (Lipinski definition) is 3. The summed E-state index contributed by atoms with van der Waals surface area (Å²) in [5.41, 5.74) is 2.90. The van der Waals surface area contributed by atoms with Crippen LogP contribution in [0, 0.1) is 13.8 Å². The molecule has 5 nitrogen and oxygen atoms in total. The molecular formula is C14H23N3O2. The SMILES string of the molecule is CC.CCn1nc(C)c(C2CCC(=O)NC2=O)c1C. The first kappa shape index (κ1) is 15.4. The Morgan fingerprint density at radius 2 is 1.95 bits per heavy atom. The van der Waals surface area contributed by atoms with E-state index in [4.69, 9.17) is 0 Å². The van der Waals surface area contributed by atoms with Crippen molar-refractivity contribution < 1.29 is 9.59 Å². The molecule has 0 aromatic carbocycles.